The van der Waals surface area contributed by atoms with Crippen molar-refractivity contribution in [1.82, 2.24) is 4.57 Å². The van der Waals surface area contributed by atoms with Gasteiger partial charge < -0.3 is 10.3 Å². The van der Waals surface area contributed by atoms with Gasteiger partial charge in [0, 0.05) is 28.6 Å². The fourth-order valence-corrected chi connectivity index (χ4v) is 3.13. The molecule has 1 aliphatic rings. The highest BCUT2D eigenvalue weighted by Gasteiger charge is 2.17. The summed E-state index contributed by atoms with van der Waals surface area (Å²) in [5, 5.41) is 1.31. The summed E-state index contributed by atoms with van der Waals surface area (Å²) in [6.07, 6.45) is 4.59. The highest BCUT2D eigenvalue weighted by molar-refractivity contribution is 9.10. The molecule has 1 aromatic heterocycles. The average molecular weight is 279 g/mol. The van der Waals surface area contributed by atoms with Crippen LogP contribution in [0.1, 0.15) is 30.5 Å². The minimum atomic E-state index is 0.109. The Hall–Kier alpha value is -0.800. The highest BCUT2D eigenvalue weighted by Crippen LogP contribution is 2.34. The minimum absolute atomic E-state index is 0.109. The third-order valence-electron chi connectivity index (χ3n) is 3.40. The Morgan fingerprint density at radius 3 is 3.00 bits per heavy atom. The van der Waals surface area contributed by atoms with Gasteiger partial charge in [0.2, 0.25) is 0 Å². The number of aromatic nitrogens is 1. The second kappa shape index (κ2) is 3.60. The predicted octanol–water partition coefficient (Wildman–Crippen LogP) is 3.37. The maximum absolute atomic E-state index is 5.98. The van der Waals surface area contributed by atoms with E-state index in [9.17, 15) is 0 Å². The van der Waals surface area contributed by atoms with Gasteiger partial charge in [0.1, 0.15) is 0 Å². The van der Waals surface area contributed by atoms with E-state index in [2.05, 4.69) is 38.8 Å². The minimum Gasteiger partial charge on any atom is -0.346 e. The molecule has 84 valence electrons. The van der Waals surface area contributed by atoms with E-state index in [0.717, 1.165) is 6.54 Å². The van der Waals surface area contributed by atoms with E-state index < -0.39 is 0 Å². The van der Waals surface area contributed by atoms with E-state index in [0.29, 0.717) is 0 Å². The third kappa shape index (κ3) is 1.42. The summed E-state index contributed by atoms with van der Waals surface area (Å²) in [6.45, 7) is 3.17. The Morgan fingerprint density at radius 2 is 2.25 bits per heavy atom. The van der Waals surface area contributed by atoms with Gasteiger partial charge in [-0.1, -0.05) is 6.07 Å². The lowest BCUT2D eigenvalue weighted by Gasteiger charge is -2.17. The zero-order valence-electron chi connectivity index (χ0n) is 9.33. The Labute approximate surface area is 104 Å². The molecule has 3 rings (SSSR count). The predicted molar refractivity (Wildman–Crippen MR) is 70.6 cm³/mol. The van der Waals surface area contributed by atoms with Crippen LogP contribution in [0.4, 0.5) is 0 Å². The number of aryl methyl sites for hydroxylation is 2. The summed E-state index contributed by atoms with van der Waals surface area (Å²) in [5.41, 5.74) is 10.1. The Balaban J connectivity index is 2.36. The van der Waals surface area contributed by atoms with Gasteiger partial charge in [-0.25, -0.2) is 0 Å². The molecule has 2 heterocycles. The molecular formula is C13H15BrN2. The molecule has 0 radical (unpaired) electrons. The SMILES string of the molecule is CC(N)c1cc2c3c(c1)c(Br)cn3CCC2. The number of nitrogens with two attached hydrogens (primary N) is 1. The van der Waals surface area contributed by atoms with E-state index in [1.54, 1.807) is 0 Å². The quantitative estimate of drug-likeness (QED) is 0.852. The highest BCUT2D eigenvalue weighted by atomic mass is 79.9. The van der Waals surface area contributed by atoms with Crippen LogP contribution < -0.4 is 5.73 Å². The molecule has 16 heavy (non-hydrogen) atoms. The van der Waals surface area contributed by atoms with Crippen LogP contribution >= 0.6 is 15.9 Å². The largest absolute Gasteiger partial charge is 0.346 e. The van der Waals surface area contributed by atoms with Crippen molar-refractivity contribution in [3.63, 3.8) is 0 Å². The topological polar surface area (TPSA) is 30.9 Å². The first-order chi connectivity index (χ1) is 7.66. The maximum atomic E-state index is 5.98. The van der Waals surface area contributed by atoms with Gasteiger partial charge in [-0.2, -0.15) is 0 Å². The molecule has 3 heteroatoms. The van der Waals surface area contributed by atoms with Crippen LogP contribution in [0.2, 0.25) is 0 Å². The molecule has 1 aromatic carbocycles. The van der Waals surface area contributed by atoms with Crippen molar-refractivity contribution in [2.45, 2.75) is 32.4 Å². The lowest BCUT2D eigenvalue weighted by molar-refractivity contribution is 0.634. The van der Waals surface area contributed by atoms with Crippen LogP contribution in [-0.2, 0) is 13.0 Å². The summed E-state index contributed by atoms with van der Waals surface area (Å²) in [7, 11) is 0. The zero-order valence-corrected chi connectivity index (χ0v) is 10.9. The first kappa shape index (κ1) is 10.4. The smallest absolute Gasteiger partial charge is 0.0524 e. The molecule has 0 saturated carbocycles. The molecule has 0 spiro atoms. The molecule has 0 bridgehead atoms. The molecular weight excluding hydrogens is 264 g/mol. The summed E-state index contributed by atoms with van der Waals surface area (Å²) in [6, 6.07) is 4.60. The van der Waals surface area contributed by atoms with E-state index in [1.165, 1.54) is 39.3 Å². The van der Waals surface area contributed by atoms with Crippen molar-refractivity contribution >= 4 is 26.8 Å². The fraction of sp³-hybridized carbons (Fsp3) is 0.385. The van der Waals surface area contributed by atoms with Crippen LogP contribution in [0.5, 0.6) is 0 Å². The van der Waals surface area contributed by atoms with Crippen LogP contribution in [-0.4, -0.2) is 4.57 Å². The standard InChI is InChI=1S/C13H15BrN2/c1-8(15)10-5-9-3-2-4-16-7-12(14)11(6-10)13(9)16/h5-8H,2-4,15H2,1H3. The average Bonchev–Trinajstić information content (AvgIpc) is 2.58. The van der Waals surface area contributed by atoms with Crippen molar-refractivity contribution in [3.05, 3.63) is 33.9 Å². The first-order valence-electron chi connectivity index (χ1n) is 5.73. The Morgan fingerprint density at radius 1 is 1.44 bits per heavy atom. The summed E-state index contributed by atoms with van der Waals surface area (Å²) < 4.78 is 3.54. The number of benzene rings is 1. The van der Waals surface area contributed by atoms with Gasteiger partial charge in [-0.05, 0) is 52.9 Å². The Kier molecular flexibility index (Phi) is 2.33. The monoisotopic (exact) mass is 278 g/mol. The second-order valence-corrected chi connectivity index (χ2v) is 5.49. The van der Waals surface area contributed by atoms with Crippen molar-refractivity contribution in [3.8, 4) is 0 Å². The lowest BCUT2D eigenvalue weighted by atomic mass is 9.98. The molecule has 0 saturated heterocycles. The van der Waals surface area contributed by atoms with Crippen LogP contribution in [0, 0.1) is 0 Å². The van der Waals surface area contributed by atoms with Gasteiger partial charge in [0.25, 0.3) is 0 Å². The Bertz CT molecular complexity index is 555. The third-order valence-corrected chi connectivity index (χ3v) is 4.03. The number of hydrogen-bond acceptors (Lipinski definition) is 1. The normalized spacial score (nSPS) is 16.7. The van der Waals surface area contributed by atoms with Gasteiger partial charge in [0.05, 0.1) is 5.52 Å². The lowest BCUT2D eigenvalue weighted by Crippen LogP contribution is -2.09. The molecule has 1 unspecified atom stereocenters. The van der Waals surface area contributed by atoms with Gasteiger partial charge >= 0.3 is 0 Å². The van der Waals surface area contributed by atoms with E-state index in [4.69, 9.17) is 5.73 Å². The molecule has 0 aliphatic carbocycles. The number of nitrogens with zero attached hydrogens (tertiary/aromatic N) is 1. The number of rotatable bonds is 1. The second-order valence-electron chi connectivity index (χ2n) is 4.64. The van der Waals surface area contributed by atoms with Crippen LogP contribution in [0.3, 0.4) is 0 Å². The maximum Gasteiger partial charge on any atom is 0.0524 e. The molecule has 0 fully saturated rings. The fourth-order valence-electron chi connectivity index (χ4n) is 2.58. The molecule has 0 amide bonds. The summed E-state index contributed by atoms with van der Waals surface area (Å²) in [5.74, 6) is 0. The van der Waals surface area contributed by atoms with Crippen LogP contribution in [0.25, 0.3) is 10.9 Å². The molecule has 2 N–H and O–H groups in total. The molecule has 2 nitrogen and oxygen atoms in total. The molecule has 1 atom stereocenters. The van der Waals surface area contributed by atoms with E-state index in [-0.39, 0.29) is 6.04 Å². The summed E-state index contributed by atoms with van der Waals surface area (Å²) in [4.78, 5) is 0. The van der Waals surface area contributed by atoms with E-state index >= 15 is 0 Å². The summed E-state index contributed by atoms with van der Waals surface area (Å²) >= 11 is 3.64. The number of halogens is 1. The molecule has 2 aromatic rings. The van der Waals surface area contributed by atoms with Gasteiger partial charge in [-0.15, -0.1) is 0 Å². The van der Waals surface area contributed by atoms with Crippen molar-refractivity contribution in [1.29, 1.82) is 0 Å². The van der Waals surface area contributed by atoms with Crippen LogP contribution in [0.15, 0.2) is 22.8 Å². The van der Waals surface area contributed by atoms with Crippen molar-refractivity contribution in [2.24, 2.45) is 5.73 Å². The zero-order chi connectivity index (χ0) is 11.3. The molecule has 1 aliphatic heterocycles. The van der Waals surface area contributed by atoms with Crippen molar-refractivity contribution in [2.75, 3.05) is 0 Å². The van der Waals surface area contributed by atoms with Gasteiger partial charge in [0.15, 0.2) is 0 Å². The first-order valence-corrected chi connectivity index (χ1v) is 6.53. The number of hydrogen-bond donors (Lipinski definition) is 1. The van der Waals surface area contributed by atoms with E-state index in [1.807, 2.05) is 6.92 Å². The van der Waals surface area contributed by atoms with Gasteiger partial charge in [-0.3, -0.25) is 0 Å². The van der Waals surface area contributed by atoms with Crippen molar-refractivity contribution < 1.29 is 0 Å².